The average Bonchev–Trinajstić information content (AvgIpc) is 3.44. The van der Waals surface area contributed by atoms with E-state index in [0.717, 1.165) is 3.57 Å². The summed E-state index contributed by atoms with van der Waals surface area (Å²) in [6, 6.07) is 6.08. The number of methoxy groups -OCH3 is 1. The molecule has 1 aliphatic heterocycles. The van der Waals surface area contributed by atoms with Crippen molar-refractivity contribution < 1.29 is 27.9 Å². The van der Waals surface area contributed by atoms with Gasteiger partial charge in [-0.05, 0) is 60.6 Å². The Bertz CT molecular complexity index is 1230. The number of benzene rings is 1. The lowest BCUT2D eigenvalue weighted by atomic mass is 10.2. The predicted octanol–water partition coefficient (Wildman–Crippen LogP) is 3.05. The molecule has 0 bridgehead atoms. The molecule has 4 atom stereocenters. The number of hydrogen-bond donors (Lipinski definition) is 2. The highest BCUT2D eigenvalue weighted by atomic mass is 127. The number of nitrogens with one attached hydrogen (secondary N) is 1. The van der Waals surface area contributed by atoms with Crippen LogP contribution in [0.4, 0.5) is 5.82 Å². The zero-order chi connectivity index (χ0) is 24.3. The molecule has 1 aromatic carbocycles. The number of nitrogens with zero attached hydrogens (tertiary/aromatic N) is 4. The number of carbonyl (C=O) groups excluding carboxylic acids is 1. The van der Waals surface area contributed by atoms with E-state index in [1.54, 1.807) is 29.1 Å². The number of imidazole rings is 1. The van der Waals surface area contributed by atoms with E-state index in [-0.39, 0.29) is 18.9 Å². The molecule has 1 fully saturated rings. The van der Waals surface area contributed by atoms with Crippen molar-refractivity contribution in [3.8, 4) is 5.75 Å². The topological polar surface area (TPSA) is 153 Å². The van der Waals surface area contributed by atoms with Gasteiger partial charge >= 0.3 is 13.7 Å². The molecule has 2 aromatic heterocycles. The quantitative estimate of drug-likeness (QED) is 0.211. The van der Waals surface area contributed by atoms with Crippen molar-refractivity contribution in [3.05, 3.63) is 40.5 Å². The van der Waals surface area contributed by atoms with Crippen LogP contribution in [0.3, 0.4) is 0 Å². The van der Waals surface area contributed by atoms with Crippen LogP contribution in [0.2, 0.25) is 0 Å². The summed E-state index contributed by atoms with van der Waals surface area (Å²) in [5.74, 6) is 0.0359. The van der Waals surface area contributed by atoms with Crippen molar-refractivity contribution in [3.63, 3.8) is 0 Å². The molecular formula is C20H24IN6O6P. The molecule has 0 spiro atoms. The van der Waals surface area contributed by atoms with Gasteiger partial charge < -0.3 is 19.7 Å². The number of rotatable bonds is 9. The molecule has 3 heterocycles. The Morgan fingerprint density at radius 2 is 2.21 bits per heavy atom. The van der Waals surface area contributed by atoms with Gasteiger partial charge in [0.15, 0.2) is 11.5 Å². The number of aromatic nitrogens is 4. The van der Waals surface area contributed by atoms with Gasteiger partial charge in [-0.2, -0.15) is 5.09 Å². The Labute approximate surface area is 209 Å². The molecule has 14 heteroatoms. The summed E-state index contributed by atoms with van der Waals surface area (Å²) < 4.78 is 38.4. The summed E-state index contributed by atoms with van der Waals surface area (Å²) in [6.45, 7) is 1.49. The van der Waals surface area contributed by atoms with E-state index in [0.29, 0.717) is 35.6 Å². The van der Waals surface area contributed by atoms with E-state index in [1.807, 2.05) is 6.07 Å². The zero-order valence-electron chi connectivity index (χ0n) is 18.5. The first-order valence-corrected chi connectivity index (χ1v) is 13.0. The fraction of sp³-hybridized carbons (Fsp3) is 0.400. The van der Waals surface area contributed by atoms with Gasteiger partial charge in [-0.1, -0.05) is 6.07 Å². The van der Waals surface area contributed by atoms with E-state index >= 15 is 0 Å². The smallest absolute Gasteiger partial charge is 0.459 e. The number of fused-ring (bicyclic) bond motifs is 1. The third kappa shape index (κ3) is 5.66. The second kappa shape index (κ2) is 10.5. The second-order valence-electron chi connectivity index (χ2n) is 7.59. The van der Waals surface area contributed by atoms with Crippen LogP contribution < -0.4 is 15.3 Å². The first-order chi connectivity index (χ1) is 16.3. The number of ether oxygens (including phenoxy) is 2. The molecular weight excluding hydrogens is 578 g/mol. The number of nitrogens with two attached hydrogens (primary N) is 1. The molecule has 182 valence electrons. The molecule has 1 aliphatic rings. The Morgan fingerprint density at radius 1 is 1.38 bits per heavy atom. The molecule has 3 N–H and O–H groups in total. The van der Waals surface area contributed by atoms with E-state index in [2.05, 4.69) is 42.6 Å². The Hall–Kier alpha value is -2.32. The van der Waals surface area contributed by atoms with Gasteiger partial charge in [-0.25, -0.2) is 19.5 Å². The average molecular weight is 602 g/mol. The number of anilines is 1. The Balaban J connectivity index is 1.45. The zero-order valence-corrected chi connectivity index (χ0v) is 21.5. The van der Waals surface area contributed by atoms with Crippen molar-refractivity contribution in [1.29, 1.82) is 0 Å². The summed E-state index contributed by atoms with van der Waals surface area (Å²) >= 11 is 2.12. The maximum absolute atomic E-state index is 13.5. The summed E-state index contributed by atoms with van der Waals surface area (Å²) in [5.41, 5.74) is 6.93. The number of carbonyl (C=O) groups is 1. The molecule has 3 aromatic rings. The van der Waals surface area contributed by atoms with Gasteiger partial charge in [0.25, 0.3) is 0 Å². The minimum Gasteiger partial charge on any atom is -0.468 e. The lowest BCUT2D eigenvalue weighted by Gasteiger charge is -2.24. The van der Waals surface area contributed by atoms with Crippen LogP contribution in [0.1, 0.15) is 26.0 Å². The van der Waals surface area contributed by atoms with Crippen LogP contribution in [0, 0.1) is 3.57 Å². The molecule has 0 saturated carbocycles. The van der Waals surface area contributed by atoms with Gasteiger partial charge in [0.05, 0.1) is 26.1 Å². The van der Waals surface area contributed by atoms with Crippen LogP contribution >= 0.6 is 30.3 Å². The first kappa shape index (κ1) is 24.8. The molecule has 0 amide bonds. The van der Waals surface area contributed by atoms with Crippen LogP contribution in [0.5, 0.6) is 5.75 Å². The summed E-state index contributed by atoms with van der Waals surface area (Å²) in [5, 5.41) is 2.64. The van der Waals surface area contributed by atoms with Gasteiger partial charge in [0.2, 0.25) is 0 Å². The SMILES string of the molecule is COC(=O)C(C)NP(=O)(OC[C@@H]1CC[C@H](n2cnc3c(N)ncnc32)O1)Oc1cccc(I)c1. The van der Waals surface area contributed by atoms with E-state index in [1.165, 1.54) is 20.4 Å². The van der Waals surface area contributed by atoms with Crippen molar-refractivity contribution in [1.82, 2.24) is 24.6 Å². The lowest BCUT2D eigenvalue weighted by molar-refractivity contribution is -0.142. The number of hydrogen-bond acceptors (Lipinski definition) is 10. The molecule has 0 aliphatic carbocycles. The van der Waals surface area contributed by atoms with Crippen LogP contribution in [0.25, 0.3) is 11.2 Å². The minimum absolute atomic E-state index is 0.0254. The summed E-state index contributed by atoms with van der Waals surface area (Å²) in [6.07, 6.45) is 3.57. The highest BCUT2D eigenvalue weighted by Crippen LogP contribution is 2.46. The molecule has 0 radical (unpaired) electrons. The Morgan fingerprint density at radius 3 is 2.97 bits per heavy atom. The number of nitrogen functional groups attached to an aromatic ring is 1. The highest BCUT2D eigenvalue weighted by Gasteiger charge is 2.35. The van der Waals surface area contributed by atoms with Crippen molar-refractivity contribution in [2.45, 2.75) is 38.1 Å². The molecule has 2 unspecified atom stereocenters. The first-order valence-electron chi connectivity index (χ1n) is 10.4. The number of esters is 1. The third-order valence-corrected chi connectivity index (χ3v) is 7.46. The van der Waals surface area contributed by atoms with E-state index in [4.69, 9.17) is 24.3 Å². The standard InChI is InChI=1S/C20H24IN6O6P/c1-12(20(28)30-2)26-34(29,33-14-5-3-4-13(21)8-14)31-9-15-6-7-16(32-15)27-11-25-17-18(22)23-10-24-19(17)27/h3-5,8,10-12,15-16H,6-7,9H2,1-2H3,(H,26,29)(H2,22,23,24)/t12?,15-,16+,34?/m0/s1. The lowest BCUT2D eigenvalue weighted by Crippen LogP contribution is -2.35. The van der Waals surface area contributed by atoms with Crippen molar-refractivity contribution in [2.24, 2.45) is 0 Å². The Kier molecular flexibility index (Phi) is 7.67. The molecule has 4 rings (SSSR count). The van der Waals surface area contributed by atoms with Crippen molar-refractivity contribution >= 4 is 53.3 Å². The molecule has 12 nitrogen and oxygen atoms in total. The third-order valence-electron chi connectivity index (χ3n) is 5.14. The molecule has 1 saturated heterocycles. The molecule has 34 heavy (non-hydrogen) atoms. The van der Waals surface area contributed by atoms with Gasteiger partial charge in [0.1, 0.15) is 29.9 Å². The maximum atomic E-state index is 13.5. The minimum atomic E-state index is -3.95. The van der Waals surface area contributed by atoms with Gasteiger partial charge in [0, 0.05) is 3.57 Å². The van der Waals surface area contributed by atoms with Crippen molar-refractivity contribution in [2.75, 3.05) is 19.5 Å². The maximum Gasteiger partial charge on any atom is 0.459 e. The fourth-order valence-corrected chi connectivity index (χ4v) is 5.52. The highest BCUT2D eigenvalue weighted by molar-refractivity contribution is 14.1. The van der Waals surface area contributed by atoms with E-state index < -0.39 is 19.8 Å². The largest absolute Gasteiger partial charge is 0.468 e. The fourth-order valence-electron chi connectivity index (χ4n) is 3.50. The monoisotopic (exact) mass is 602 g/mol. The van der Waals surface area contributed by atoms with Gasteiger partial charge in [-0.15, -0.1) is 0 Å². The van der Waals surface area contributed by atoms with Gasteiger partial charge in [-0.3, -0.25) is 13.9 Å². The van der Waals surface area contributed by atoms with E-state index in [9.17, 15) is 9.36 Å². The predicted molar refractivity (Wildman–Crippen MR) is 131 cm³/mol. The van der Waals surface area contributed by atoms with Crippen LogP contribution in [-0.2, 0) is 23.4 Å². The van der Waals surface area contributed by atoms with Crippen LogP contribution in [0.15, 0.2) is 36.9 Å². The summed E-state index contributed by atoms with van der Waals surface area (Å²) in [4.78, 5) is 24.4. The summed E-state index contributed by atoms with van der Waals surface area (Å²) in [7, 11) is -2.71. The normalized spacial score (nSPS) is 20.7. The van der Waals surface area contributed by atoms with Crippen LogP contribution in [-0.4, -0.2) is 51.4 Å². The number of halogens is 1. The second-order valence-corrected chi connectivity index (χ2v) is 10.5.